The Labute approximate surface area is 152 Å². The van der Waals surface area contributed by atoms with Crippen LogP contribution in [0.25, 0.3) is 0 Å². The topological polar surface area (TPSA) is 55.7 Å². The second-order valence-electron chi connectivity index (χ2n) is 6.01. The smallest absolute Gasteiger partial charge is 0.238 e. The first-order chi connectivity index (χ1) is 12.0. The number of carbonyl (C=O) groups is 1. The maximum atomic E-state index is 12.5. The molecule has 7 heteroatoms. The summed E-state index contributed by atoms with van der Waals surface area (Å²) < 4.78 is 12.7. The van der Waals surface area contributed by atoms with Crippen molar-refractivity contribution in [2.24, 2.45) is 0 Å². The van der Waals surface area contributed by atoms with Gasteiger partial charge in [-0.05, 0) is 25.1 Å². The summed E-state index contributed by atoms with van der Waals surface area (Å²) in [5, 5.41) is 3.31. The van der Waals surface area contributed by atoms with Gasteiger partial charge in [0.1, 0.15) is 11.5 Å². The molecule has 1 N–H and O–H groups in total. The van der Waals surface area contributed by atoms with Crippen LogP contribution in [0.5, 0.6) is 11.5 Å². The van der Waals surface area contributed by atoms with Gasteiger partial charge in [-0.2, -0.15) is 0 Å². The standard InChI is InChI=1S/C18H22ClN3O3/c1-12-15-5-4-6-21(15)7-8-22(12)11-18(23)20-14-9-13(19)16(24-2)10-17(14)25-3/h4-6,9-10,12H,7-8,11H2,1-3H3,(H,20,23). The molecule has 6 nitrogen and oxygen atoms in total. The summed E-state index contributed by atoms with van der Waals surface area (Å²) in [7, 11) is 3.08. The molecule has 1 amide bonds. The van der Waals surface area contributed by atoms with E-state index in [0.29, 0.717) is 28.8 Å². The SMILES string of the molecule is COc1cc(OC)c(NC(=O)CN2CCn3cccc3C2C)cc1Cl. The predicted molar refractivity (Wildman–Crippen MR) is 97.6 cm³/mol. The zero-order chi connectivity index (χ0) is 18.0. The predicted octanol–water partition coefficient (Wildman–Crippen LogP) is 3.17. The molecule has 2 heterocycles. The summed E-state index contributed by atoms with van der Waals surface area (Å²) in [5.74, 6) is 0.906. The molecular weight excluding hydrogens is 342 g/mol. The summed E-state index contributed by atoms with van der Waals surface area (Å²) in [6.45, 7) is 4.14. The minimum Gasteiger partial charge on any atom is -0.495 e. The molecular formula is C18H22ClN3O3. The molecule has 1 aliphatic rings. The van der Waals surface area contributed by atoms with Gasteiger partial charge in [0.05, 0.1) is 31.5 Å². The van der Waals surface area contributed by atoms with E-state index in [-0.39, 0.29) is 11.9 Å². The van der Waals surface area contributed by atoms with Crippen molar-refractivity contribution in [2.45, 2.75) is 19.5 Å². The third-order valence-electron chi connectivity index (χ3n) is 4.56. The molecule has 0 saturated heterocycles. The third-order valence-corrected chi connectivity index (χ3v) is 4.86. The van der Waals surface area contributed by atoms with Gasteiger partial charge in [-0.3, -0.25) is 9.69 Å². The average Bonchev–Trinajstić information content (AvgIpc) is 3.07. The number of hydrogen-bond donors (Lipinski definition) is 1. The average molecular weight is 364 g/mol. The van der Waals surface area contributed by atoms with Crippen LogP contribution in [0.2, 0.25) is 5.02 Å². The zero-order valence-electron chi connectivity index (χ0n) is 14.6. The van der Waals surface area contributed by atoms with Crippen molar-refractivity contribution in [1.29, 1.82) is 0 Å². The number of nitrogens with zero attached hydrogens (tertiary/aromatic N) is 2. The van der Waals surface area contributed by atoms with E-state index in [0.717, 1.165) is 13.1 Å². The molecule has 0 fully saturated rings. The Morgan fingerprint density at radius 3 is 2.76 bits per heavy atom. The molecule has 25 heavy (non-hydrogen) atoms. The number of carbonyl (C=O) groups excluding carboxylic acids is 1. The molecule has 0 bridgehead atoms. The molecule has 1 atom stereocenters. The number of nitrogens with one attached hydrogen (secondary N) is 1. The molecule has 134 valence electrons. The van der Waals surface area contributed by atoms with Crippen LogP contribution in [-0.4, -0.2) is 42.7 Å². The first-order valence-electron chi connectivity index (χ1n) is 8.14. The van der Waals surface area contributed by atoms with E-state index in [4.69, 9.17) is 21.1 Å². The Bertz CT molecular complexity index is 775. The van der Waals surface area contributed by atoms with E-state index in [1.807, 2.05) is 6.07 Å². The number of halogens is 1. The molecule has 0 spiro atoms. The maximum absolute atomic E-state index is 12.5. The first kappa shape index (κ1) is 17.6. The molecule has 2 aromatic rings. The lowest BCUT2D eigenvalue weighted by atomic mass is 10.1. The van der Waals surface area contributed by atoms with Crippen molar-refractivity contribution in [3.8, 4) is 11.5 Å². The van der Waals surface area contributed by atoms with Gasteiger partial charge in [0.2, 0.25) is 5.91 Å². The lowest BCUT2D eigenvalue weighted by Gasteiger charge is -2.34. The fraction of sp³-hybridized carbons (Fsp3) is 0.389. The Hall–Kier alpha value is -2.18. The van der Waals surface area contributed by atoms with Gasteiger partial charge in [0.25, 0.3) is 0 Å². The van der Waals surface area contributed by atoms with Crippen LogP contribution in [0.4, 0.5) is 5.69 Å². The number of anilines is 1. The maximum Gasteiger partial charge on any atom is 0.238 e. The normalized spacial score (nSPS) is 17.0. The Balaban J connectivity index is 1.70. The quantitative estimate of drug-likeness (QED) is 0.886. The number of aromatic nitrogens is 1. The van der Waals surface area contributed by atoms with Crippen molar-refractivity contribution >= 4 is 23.2 Å². The third kappa shape index (κ3) is 3.60. The number of methoxy groups -OCH3 is 2. The van der Waals surface area contributed by atoms with E-state index in [9.17, 15) is 4.79 Å². The fourth-order valence-electron chi connectivity index (χ4n) is 3.17. The number of hydrogen-bond acceptors (Lipinski definition) is 4. The lowest BCUT2D eigenvalue weighted by molar-refractivity contribution is -0.118. The number of amides is 1. The number of benzene rings is 1. The Morgan fingerprint density at radius 2 is 2.04 bits per heavy atom. The molecule has 0 radical (unpaired) electrons. The largest absolute Gasteiger partial charge is 0.495 e. The lowest BCUT2D eigenvalue weighted by Crippen LogP contribution is -2.41. The molecule has 0 aliphatic carbocycles. The minimum atomic E-state index is -0.105. The van der Waals surface area contributed by atoms with Gasteiger partial charge in [-0.25, -0.2) is 0 Å². The van der Waals surface area contributed by atoms with Gasteiger partial charge in [0.15, 0.2) is 0 Å². The molecule has 1 aliphatic heterocycles. The van der Waals surface area contributed by atoms with E-state index < -0.39 is 0 Å². The van der Waals surface area contributed by atoms with Crippen LogP contribution in [0.15, 0.2) is 30.5 Å². The molecule has 1 aromatic carbocycles. The number of rotatable bonds is 5. The highest BCUT2D eigenvalue weighted by molar-refractivity contribution is 6.32. The van der Waals surface area contributed by atoms with E-state index in [1.165, 1.54) is 12.8 Å². The van der Waals surface area contributed by atoms with E-state index in [1.54, 1.807) is 19.2 Å². The van der Waals surface area contributed by atoms with Crippen LogP contribution >= 0.6 is 11.6 Å². The molecule has 1 aromatic heterocycles. The fourth-order valence-corrected chi connectivity index (χ4v) is 3.42. The van der Waals surface area contributed by atoms with Crippen molar-refractivity contribution in [2.75, 3.05) is 32.6 Å². The Morgan fingerprint density at radius 1 is 1.28 bits per heavy atom. The second-order valence-corrected chi connectivity index (χ2v) is 6.42. The van der Waals surface area contributed by atoms with Gasteiger partial charge in [-0.15, -0.1) is 0 Å². The summed E-state index contributed by atoms with van der Waals surface area (Å²) >= 11 is 6.16. The van der Waals surface area contributed by atoms with E-state index >= 15 is 0 Å². The van der Waals surface area contributed by atoms with Gasteiger partial charge in [0, 0.05) is 37.1 Å². The van der Waals surface area contributed by atoms with Crippen molar-refractivity contribution in [3.63, 3.8) is 0 Å². The summed E-state index contributed by atoms with van der Waals surface area (Å²) in [4.78, 5) is 14.7. The molecule has 0 saturated carbocycles. The number of fused-ring (bicyclic) bond motifs is 1. The summed E-state index contributed by atoms with van der Waals surface area (Å²) in [5.41, 5.74) is 1.76. The second kappa shape index (κ2) is 7.37. The first-order valence-corrected chi connectivity index (χ1v) is 8.51. The highest BCUT2D eigenvalue weighted by Crippen LogP contribution is 2.36. The van der Waals surface area contributed by atoms with Crippen LogP contribution in [0, 0.1) is 0 Å². The number of ether oxygens (including phenoxy) is 2. The zero-order valence-corrected chi connectivity index (χ0v) is 15.3. The van der Waals surface area contributed by atoms with Crippen molar-refractivity contribution in [3.05, 3.63) is 41.2 Å². The van der Waals surface area contributed by atoms with Crippen molar-refractivity contribution in [1.82, 2.24) is 9.47 Å². The van der Waals surface area contributed by atoms with E-state index in [2.05, 4.69) is 34.0 Å². The summed E-state index contributed by atoms with van der Waals surface area (Å²) in [6.07, 6.45) is 2.08. The van der Waals surface area contributed by atoms with Crippen molar-refractivity contribution < 1.29 is 14.3 Å². The highest BCUT2D eigenvalue weighted by Gasteiger charge is 2.25. The van der Waals surface area contributed by atoms with Gasteiger partial charge < -0.3 is 19.4 Å². The van der Waals surface area contributed by atoms with Crippen LogP contribution in [0.1, 0.15) is 18.7 Å². The van der Waals surface area contributed by atoms with Gasteiger partial charge >= 0.3 is 0 Å². The minimum absolute atomic E-state index is 0.105. The highest BCUT2D eigenvalue weighted by atomic mass is 35.5. The van der Waals surface area contributed by atoms with Crippen LogP contribution < -0.4 is 14.8 Å². The Kier molecular flexibility index (Phi) is 5.20. The van der Waals surface area contributed by atoms with Crippen LogP contribution in [0.3, 0.4) is 0 Å². The summed E-state index contributed by atoms with van der Waals surface area (Å²) in [6, 6.07) is 7.63. The molecule has 3 rings (SSSR count). The van der Waals surface area contributed by atoms with Crippen LogP contribution in [-0.2, 0) is 11.3 Å². The monoisotopic (exact) mass is 363 g/mol. The molecule has 1 unspecified atom stereocenters. The van der Waals surface area contributed by atoms with Gasteiger partial charge in [-0.1, -0.05) is 11.6 Å².